The third-order valence-corrected chi connectivity index (χ3v) is 8.53. The van der Waals surface area contributed by atoms with E-state index in [0.717, 1.165) is 10.7 Å². The number of aromatic nitrogens is 4. The Morgan fingerprint density at radius 1 is 1.02 bits per heavy atom. The highest BCUT2D eigenvalue weighted by Gasteiger charge is 2.26. The predicted octanol–water partition coefficient (Wildman–Crippen LogP) is 5.39. The Bertz CT molecular complexity index is 1610. The number of carbonyl (C=O) groups excluding carboxylic acids is 1. The lowest BCUT2D eigenvalue weighted by atomic mass is 10.2. The second-order valence-corrected chi connectivity index (χ2v) is 10.8. The number of carbonyl (C=O) groups is 1. The van der Waals surface area contributed by atoms with E-state index in [1.54, 1.807) is 41.9 Å². The molecule has 1 aliphatic heterocycles. The molecule has 0 unspecified atom stereocenters. The summed E-state index contributed by atoms with van der Waals surface area (Å²) < 4.78 is 27.3. The van der Waals surface area contributed by atoms with E-state index in [0.29, 0.717) is 65.8 Å². The van der Waals surface area contributed by atoms with Crippen LogP contribution in [-0.2, 0) is 5.75 Å². The van der Waals surface area contributed by atoms with Gasteiger partial charge in [0.05, 0.1) is 30.5 Å². The lowest BCUT2D eigenvalue weighted by molar-refractivity contribution is 0.0741. The molecule has 0 spiro atoms. The Morgan fingerprint density at radius 2 is 1.80 bits per heavy atom. The van der Waals surface area contributed by atoms with Crippen LogP contribution in [0.3, 0.4) is 0 Å². The number of benzene rings is 2. The Morgan fingerprint density at radius 3 is 2.55 bits per heavy atom. The molecule has 1 fully saturated rings. The van der Waals surface area contributed by atoms with Crippen molar-refractivity contribution in [1.82, 2.24) is 24.6 Å². The lowest BCUT2D eigenvalue weighted by Gasteiger charge is -2.35. The molecule has 2 aromatic carbocycles. The van der Waals surface area contributed by atoms with Crippen molar-refractivity contribution in [2.24, 2.45) is 0 Å². The molecular weight excluding hydrogens is 551 g/mol. The number of rotatable bonds is 8. The highest BCUT2D eigenvalue weighted by molar-refractivity contribution is 7.98. The van der Waals surface area contributed by atoms with Crippen LogP contribution in [0, 0.1) is 5.82 Å². The van der Waals surface area contributed by atoms with Crippen LogP contribution < -0.4 is 9.64 Å². The summed E-state index contributed by atoms with van der Waals surface area (Å²) in [7, 11) is 1.62. The van der Waals surface area contributed by atoms with Crippen LogP contribution in [-0.4, -0.2) is 63.8 Å². The molecule has 0 aliphatic carbocycles. The van der Waals surface area contributed by atoms with Crippen LogP contribution >= 0.6 is 23.1 Å². The molecule has 5 aromatic rings. The van der Waals surface area contributed by atoms with Crippen molar-refractivity contribution < 1.29 is 18.3 Å². The molecule has 1 amide bonds. The summed E-state index contributed by atoms with van der Waals surface area (Å²) in [6.45, 7) is 2.14. The Balaban J connectivity index is 1.15. The Labute approximate surface area is 238 Å². The minimum Gasteiger partial charge on any atom is -0.495 e. The number of hydrogen-bond donors (Lipinski definition) is 0. The number of hydrogen-bond acceptors (Lipinski definition) is 9. The fourth-order valence-corrected chi connectivity index (χ4v) is 6.31. The van der Waals surface area contributed by atoms with E-state index in [1.807, 2.05) is 45.9 Å². The van der Waals surface area contributed by atoms with Gasteiger partial charge >= 0.3 is 0 Å². The Kier molecular flexibility index (Phi) is 7.51. The number of thiazole rings is 1. The highest BCUT2D eigenvalue weighted by Crippen LogP contribution is 2.34. The molecule has 1 saturated heterocycles. The van der Waals surface area contributed by atoms with E-state index >= 15 is 0 Å². The number of nitrogens with zero attached hydrogens (tertiary/aromatic N) is 6. The van der Waals surface area contributed by atoms with Gasteiger partial charge in [-0.1, -0.05) is 36.0 Å². The zero-order valence-electron chi connectivity index (χ0n) is 21.6. The number of ether oxygens (including phenoxy) is 1. The molecule has 204 valence electrons. The molecule has 4 heterocycles. The summed E-state index contributed by atoms with van der Waals surface area (Å²) >= 11 is 2.90. The molecule has 0 bridgehead atoms. The molecule has 1 aliphatic rings. The maximum Gasteiger partial charge on any atom is 0.273 e. The van der Waals surface area contributed by atoms with E-state index in [1.165, 1.54) is 29.2 Å². The fraction of sp³-hybridized carbons (Fsp3) is 0.214. The molecule has 6 rings (SSSR count). The van der Waals surface area contributed by atoms with Crippen molar-refractivity contribution in [3.8, 4) is 23.0 Å². The number of para-hydroxylation sites is 3. The number of furan rings is 1. The molecule has 0 radical (unpaired) electrons. The van der Waals surface area contributed by atoms with Crippen molar-refractivity contribution in [3.05, 3.63) is 88.8 Å². The van der Waals surface area contributed by atoms with E-state index in [2.05, 4.69) is 15.2 Å². The second-order valence-electron chi connectivity index (χ2n) is 8.94. The lowest BCUT2D eigenvalue weighted by Crippen LogP contribution is -2.49. The predicted molar refractivity (Wildman–Crippen MR) is 152 cm³/mol. The van der Waals surface area contributed by atoms with Crippen molar-refractivity contribution in [1.29, 1.82) is 0 Å². The minimum absolute atomic E-state index is 0.113. The van der Waals surface area contributed by atoms with Crippen LogP contribution in [0.5, 0.6) is 5.75 Å². The summed E-state index contributed by atoms with van der Waals surface area (Å²) in [6, 6.07) is 18.0. The number of anilines is 1. The third-order valence-electron chi connectivity index (χ3n) is 6.56. The third kappa shape index (κ3) is 5.19. The summed E-state index contributed by atoms with van der Waals surface area (Å²) in [5.74, 6) is 1.96. The zero-order valence-corrected chi connectivity index (χ0v) is 23.2. The SMILES string of the molecule is COc1ccccc1-n1c(SCc2nc(C(=O)N3CCN(c4ccccc4F)CC3)cs2)nnc1-c1ccco1. The van der Waals surface area contributed by atoms with Crippen LogP contribution in [0.1, 0.15) is 15.5 Å². The first-order chi connectivity index (χ1) is 19.6. The van der Waals surface area contributed by atoms with Crippen LogP contribution in [0.4, 0.5) is 10.1 Å². The number of amides is 1. The first-order valence-corrected chi connectivity index (χ1v) is 14.5. The van der Waals surface area contributed by atoms with Gasteiger partial charge < -0.3 is 19.0 Å². The van der Waals surface area contributed by atoms with Gasteiger partial charge in [0.15, 0.2) is 10.9 Å². The largest absolute Gasteiger partial charge is 0.495 e. The summed E-state index contributed by atoms with van der Waals surface area (Å²) in [6.07, 6.45) is 1.59. The van der Waals surface area contributed by atoms with Gasteiger partial charge in [0, 0.05) is 31.6 Å². The normalized spacial score (nSPS) is 13.6. The number of halogens is 1. The van der Waals surface area contributed by atoms with Crippen LogP contribution in [0.2, 0.25) is 0 Å². The molecule has 3 aromatic heterocycles. The van der Waals surface area contributed by atoms with Gasteiger partial charge in [-0.05, 0) is 36.4 Å². The molecule has 0 atom stereocenters. The molecule has 40 heavy (non-hydrogen) atoms. The average molecular weight is 577 g/mol. The van der Waals surface area contributed by atoms with Gasteiger partial charge in [-0.25, -0.2) is 9.37 Å². The fourth-order valence-electron chi connectivity index (χ4n) is 4.58. The maximum atomic E-state index is 14.2. The molecule has 0 N–H and O–H groups in total. The van der Waals surface area contributed by atoms with Crippen molar-refractivity contribution in [3.63, 3.8) is 0 Å². The smallest absolute Gasteiger partial charge is 0.273 e. The zero-order chi connectivity index (χ0) is 27.5. The minimum atomic E-state index is -0.248. The van der Waals surface area contributed by atoms with Gasteiger partial charge in [-0.2, -0.15) is 0 Å². The van der Waals surface area contributed by atoms with Crippen LogP contribution in [0.25, 0.3) is 17.3 Å². The van der Waals surface area contributed by atoms with Gasteiger partial charge in [-0.3, -0.25) is 9.36 Å². The van der Waals surface area contributed by atoms with Crippen molar-refractivity contribution in [2.45, 2.75) is 10.9 Å². The van der Waals surface area contributed by atoms with Gasteiger partial charge in [-0.15, -0.1) is 21.5 Å². The number of piperazine rings is 1. The van der Waals surface area contributed by atoms with Gasteiger partial charge in [0.2, 0.25) is 5.82 Å². The highest BCUT2D eigenvalue weighted by atomic mass is 32.2. The van der Waals surface area contributed by atoms with Crippen molar-refractivity contribution >= 4 is 34.7 Å². The standard InChI is InChI=1S/C28H25FN6O3S2/c1-37-23-10-5-4-9-22(23)35-26(24-11-6-16-38-24)31-32-28(35)40-18-25-30-20(17-39-25)27(36)34-14-12-33(13-15-34)21-8-3-2-7-19(21)29/h2-11,16-17H,12-15,18H2,1H3. The molecule has 9 nitrogen and oxygen atoms in total. The molecule has 12 heteroatoms. The van der Waals surface area contributed by atoms with Crippen LogP contribution in [0.15, 0.2) is 81.9 Å². The topological polar surface area (TPSA) is 89.5 Å². The first kappa shape index (κ1) is 26.1. The second kappa shape index (κ2) is 11.5. The maximum absolute atomic E-state index is 14.2. The summed E-state index contributed by atoms with van der Waals surface area (Å²) in [5, 5.41) is 12.0. The van der Waals surface area contributed by atoms with E-state index in [9.17, 15) is 9.18 Å². The van der Waals surface area contributed by atoms with Gasteiger partial charge in [0.25, 0.3) is 5.91 Å². The van der Waals surface area contributed by atoms with Crippen molar-refractivity contribution in [2.75, 3.05) is 38.2 Å². The molecule has 0 saturated carbocycles. The van der Waals surface area contributed by atoms with Gasteiger partial charge in [0.1, 0.15) is 22.3 Å². The monoisotopic (exact) mass is 576 g/mol. The quantitative estimate of drug-likeness (QED) is 0.227. The molecular formula is C28H25FN6O3S2. The van der Waals surface area contributed by atoms with E-state index in [4.69, 9.17) is 9.15 Å². The average Bonchev–Trinajstić information content (AvgIpc) is 3.77. The van der Waals surface area contributed by atoms with E-state index in [-0.39, 0.29) is 11.7 Å². The Hall–Kier alpha value is -4.16. The summed E-state index contributed by atoms with van der Waals surface area (Å²) in [5.41, 5.74) is 1.77. The van der Waals surface area contributed by atoms with E-state index < -0.39 is 0 Å². The summed E-state index contributed by atoms with van der Waals surface area (Å²) in [4.78, 5) is 21.5. The number of thioether (sulfide) groups is 1. The first-order valence-electron chi connectivity index (χ1n) is 12.6. The number of methoxy groups -OCH3 is 1.